The van der Waals surface area contributed by atoms with E-state index < -0.39 is 47.3 Å². The van der Waals surface area contributed by atoms with Crippen LogP contribution in [0.2, 0.25) is 0 Å². The largest absolute Gasteiger partial charge is 0.473 e. The summed E-state index contributed by atoms with van der Waals surface area (Å²) in [6.45, 7) is 1.33. The Morgan fingerprint density at radius 3 is 2.10 bits per heavy atom. The van der Waals surface area contributed by atoms with Crippen molar-refractivity contribution in [1.82, 2.24) is 5.32 Å². The molecular weight excluding hydrogens is 402 g/mol. The first-order valence-corrected chi connectivity index (χ1v) is 8.14. The van der Waals surface area contributed by atoms with E-state index in [0.717, 1.165) is 42.5 Å². The number of hydrogen-bond donors (Lipinski definition) is 1. The predicted molar refractivity (Wildman–Crippen MR) is 89.8 cm³/mol. The van der Waals surface area contributed by atoms with E-state index in [0.29, 0.717) is 0 Å². The maximum Gasteiger partial charge on any atom is 0.419 e. The van der Waals surface area contributed by atoms with E-state index in [1.807, 2.05) is 0 Å². The van der Waals surface area contributed by atoms with Gasteiger partial charge in [-0.2, -0.15) is 31.6 Å². The summed E-state index contributed by atoms with van der Waals surface area (Å²) in [6, 6.07) is 8.22. The Morgan fingerprint density at radius 1 is 1.00 bits per heavy atom. The van der Waals surface area contributed by atoms with Crippen LogP contribution in [0.3, 0.4) is 0 Å². The lowest BCUT2D eigenvalue weighted by molar-refractivity contribution is -0.139. The van der Waals surface area contributed by atoms with E-state index in [1.54, 1.807) is 6.07 Å². The molecule has 1 N–H and O–H groups in total. The van der Waals surface area contributed by atoms with Gasteiger partial charge in [-0.25, -0.2) is 0 Å². The molecule has 154 valence electrons. The highest BCUT2D eigenvalue weighted by molar-refractivity contribution is 5.94. The van der Waals surface area contributed by atoms with Gasteiger partial charge in [0.25, 0.3) is 5.91 Å². The molecule has 0 heterocycles. The molecule has 4 nitrogen and oxygen atoms in total. The molecule has 2 unspecified atom stereocenters. The van der Waals surface area contributed by atoms with Crippen LogP contribution in [0.4, 0.5) is 26.3 Å². The van der Waals surface area contributed by atoms with Crippen LogP contribution in [0, 0.1) is 11.3 Å². The summed E-state index contributed by atoms with van der Waals surface area (Å²) in [5, 5.41) is 11.6. The molecule has 0 aliphatic carbocycles. The molecule has 0 aromatic heterocycles. The van der Waals surface area contributed by atoms with Crippen molar-refractivity contribution in [2.75, 3.05) is 0 Å². The van der Waals surface area contributed by atoms with E-state index >= 15 is 0 Å². The molecule has 0 spiro atoms. The first-order chi connectivity index (χ1) is 13.4. The Labute approximate surface area is 161 Å². The lowest BCUT2D eigenvalue weighted by Crippen LogP contribution is -2.43. The van der Waals surface area contributed by atoms with E-state index in [-0.39, 0.29) is 5.56 Å². The van der Waals surface area contributed by atoms with Gasteiger partial charge in [0.05, 0.1) is 17.2 Å². The second-order valence-electron chi connectivity index (χ2n) is 6.00. The van der Waals surface area contributed by atoms with Gasteiger partial charge in [0.1, 0.15) is 11.8 Å². The Hall–Kier alpha value is -3.22. The number of carbonyl (C=O) groups is 1. The number of amides is 1. The summed E-state index contributed by atoms with van der Waals surface area (Å²) < 4.78 is 82.0. The molecule has 2 aromatic carbocycles. The summed E-state index contributed by atoms with van der Waals surface area (Å²) in [6.07, 6.45) is -10.7. The highest BCUT2D eigenvalue weighted by atomic mass is 19.4. The number of nitrogens with zero attached hydrogens (tertiary/aromatic N) is 1. The molecule has 0 saturated heterocycles. The summed E-state index contributed by atoms with van der Waals surface area (Å²) in [4.78, 5) is 12.2. The van der Waals surface area contributed by atoms with Gasteiger partial charge in [-0.3, -0.25) is 4.79 Å². The van der Waals surface area contributed by atoms with Gasteiger partial charge in [0, 0.05) is 5.56 Å². The number of halogens is 6. The van der Waals surface area contributed by atoms with Crippen molar-refractivity contribution in [2.45, 2.75) is 31.4 Å². The Morgan fingerprint density at radius 2 is 1.59 bits per heavy atom. The SMILES string of the molecule is CC(NC(=O)c1ccc(C(F)(F)F)cc1)C(C#N)Oc1ccccc1C(F)(F)F. The fourth-order valence-corrected chi connectivity index (χ4v) is 2.36. The lowest BCUT2D eigenvalue weighted by atomic mass is 10.1. The molecule has 29 heavy (non-hydrogen) atoms. The zero-order valence-corrected chi connectivity index (χ0v) is 14.8. The average Bonchev–Trinajstić information content (AvgIpc) is 2.64. The van der Waals surface area contributed by atoms with Crippen molar-refractivity contribution in [1.29, 1.82) is 5.26 Å². The number of rotatable bonds is 5. The number of benzene rings is 2. The maximum atomic E-state index is 13.0. The average molecular weight is 416 g/mol. The molecule has 2 aromatic rings. The predicted octanol–water partition coefficient (Wildman–Crippen LogP) is 4.81. The van der Waals surface area contributed by atoms with Crippen molar-refractivity contribution in [3.05, 3.63) is 65.2 Å². The van der Waals surface area contributed by atoms with Crippen LogP contribution in [0.25, 0.3) is 0 Å². The van der Waals surface area contributed by atoms with Crippen molar-refractivity contribution < 1.29 is 35.9 Å². The maximum absolute atomic E-state index is 13.0. The zero-order chi connectivity index (χ0) is 21.8. The zero-order valence-electron chi connectivity index (χ0n) is 14.8. The molecule has 2 atom stereocenters. The fraction of sp³-hybridized carbons (Fsp3) is 0.263. The van der Waals surface area contributed by atoms with Crippen LogP contribution < -0.4 is 10.1 Å². The molecule has 10 heteroatoms. The molecule has 0 saturated carbocycles. The third-order valence-electron chi connectivity index (χ3n) is 3.86. The van der Waals surface area contributed by atoms with E-state index in [1.165, 1.54) is 13.0 Å². The molecule has 0 bridgehead atoms. The first-order valence-electron chi connectivity index (χ1n) is 8.14. The number of ether oxygens (including phenoxy) is 1. The number of alkyl halides is 6. The van der Waals surface area contributed by atoms with Gasteiger partial charge < -0.3 is 10.1 Å². The third kappa shape index (κ3) is 5.63. The highest BCUT2D eigenvalue weighted by Crippen LogP contribution is 2.36. The number of nitrogens with one attached hydrogen (secondary N) is 1. The number of hydrogen-bond acceptors (Lipinski definition) is 3. The second-order valence-corrected chi connectivity index (χ2v) is 6.00. The summed E-state index contributed by atoms with van der Waals surface area (Å²) >= 11 is 0. The van der Waals surface area contributed by atoms with Crippen LogP contribution in [0.1, 0.15) is 28.4 Å². The van der Waals surface area contributed by atoms with Crippen LogP contribution in [0.5, 0.6) is 5.75 Å². The first kappa shape index (κ1) is 22.1. The van der Waals surface area contributed by atoms with Crippen molar-refractivity contribution in [2.24, 2.45) is 0 Å². The van der Waals surface area contributed by atoms with E-state index in [2.05, 4.69) is 5.32 Å². The van der Waals surface area contributed by atoms with Gasteiger partial charge in [-0.1, -0.05) is 12.1 Å². The number of para-hydroxylation sites is 1. The Kier molecular flexibility index (Phi) is 6.41. The molecular formula is C19H14F6N2O2. The minimum Gasteiger partial charge on any atom is -0.473 e. The number of carbonyl (C=O) groups excluding carboxylic acids is 1. The van der Waals surface area contributed by atoms with Gasteiger partial charge in [0.2, 0.25) is 6.10 Å². The van der Waals surface area contributed by atoms with Crippen molar-refractivity contribution in [3.8, 4) is 11.8 Å². The third-order valence-corrected chi connectivity index (χ3v) is 3.86. The molecule has 1 amide bonds. The van der Waals surface area contributed by atoms with Crippen LogP contribution in [0.15, 0.2) is 48.5 Å². The summed E-state index contributed by atoms with van der Waals surface area (Å²) in [7, 11) is 0. The topological polar surface area (TPSA) is 62.1 Å². The normalized spacial score (nSPS) is 13.9. The molecule has 0 aliphatic rings. The van der Waals surface area contributed by atoms with Crippen LogP contribution in [-0.4, -0.2) is 18.1 Å². The van der Waals surface area contributed by atoms with Gasteiger partial charge in [-0.05, 0) is 43.3 Å². The van der Waals surface area contributed by atoms with Crippen LogP contribution >= 0.6 is 0 Å². The van der Waals surface area contributed by atoms with Crippen molar-refractivity contribution in [3.63, 3.8) is 0 Å². The van der Waals surface area contributed by atoms with Crippen LogP contribution in [-0.2, 0) is 12.4 Å². The summed E-state index contributed by atoms with van der Waals surface area (Å²) in [5.41, 5.74) is -2.14. The highest BCUT2D eigenvalue weighted by Gasteiger charge is 2.35. The lowest BCUT2D eigenvalue weighted by Gasteiger charge is -2.22. The molecule has 0 aliphatic heterocycles. The minimum atomic E-state index is -4.71. The molecule has 2 rings (SSSR count). The van der Waals surface area contributed by atoms with Gasteiger partial charge in [0.15, 0.2) is 0 Å². The van der Waals surface area contributed by atoms with Gasteiger partial charge in [-0.15, -0.1) is 0 Å². The van der Waals surface area contributed by atoms with E-state index in [4.69, 9.17) is 4.74 Å². The van der Waals surface area contributed by atoms with Gasteiger partial charge >= 0.3 is 12.4 Å². The second kappa shape index (κ2) is 8.43. The van der Waals surface area contributed by atoms with Crippen molar-refractivity contribution >= 4 is 5.91 Å². The Balaban J connectivity index is 2.12. The smallest absolute Gasteiger partial charge is 0.419 e. The number of nitriles is 1. The fourth-order valence-electron chi connectivity index (χ4n) is 2.36. The monoisotopic (exact) mass is 416 g/mol. The Bertz CT molecular complexity index is 901. The summed E-state index contributed by atoms with van der Waals surface area (Å²) in [5.74, 6) is -1.39. The minimum absolute atomic E-state index is 0.114. The standard InChI is InChI=1S/C19H14F6N2O2/c1-11(27-17(28)12-6-8-13(9-7-12)18(20,21)22)16(10-26)29-15-5-3-2-4-14(15)19(23,24)25/h2-9,11,16H,1H3,(H,27,28). The van der Waals surface area contributed by atoms with E-state index in [9.17, 15) is 36.4 Å². The quantitative estimate of drug-likeness (QED) is 0.712. The molecule has 0 fully saturated rings. The molecule has 0 radical (unpaired) electrons.